The molecule has 0 spiro atoms. The van der Waals surface area contributed by atoms with Crippen LogP contribution in [0.4, 0.5) is 13.2 Å². The van der Waals surface area contributed by atoms with Gasteiger partial charge in [-0.2, -0.15) is 0 Å². The maximum absolute atomic E-state index is 13.8. The number of aryl methyl sites for hydroxylation is 1. The van der Waals surface area contributed by atoms with Gasteiger partial charge >= 0.3 is 0 Å². The summed E-state index contributed by atoms with van der Waals surface area (Å²) in [6.45, 7) is 1.64. The predicted molar refractivity (Wildman–Crippen MR) is 68.4 cm³/mol. The van der Waals surface area contributed by atoms with Gasteiger partial charge in [0.1, 0.15) is 17.5 Å². The quantitative estimate of drug-likeness (QED) is 0.891. The second-order valence-corrected chi connectivity index (χ2v) is 4.37. The van der Waals surface area contributed by atoms with E-state index in [0.717, 1.165) is 0 Å². The van der Waals surface area contributed by atoms with E-state index in [0.29, 0.717) is 11.1 Å². The number of rotatable bonds is 3. The molecule has 0 saturated heterocycles. The number of benzene rings is 2. The minimum Gasteiger partial charge on any atom is -0.309 e. The molecule has 0 aliphatic heterocycles. The van der Waals surface area contributed by atoms with Gasteiger partial charge < -0.3 is 5.32 Å². The Hall–Kier alpha value is -1.81. The molecule has 2 aromatic rings. The van der Waals surface area contributed by atoms with Gasteiger partial charge in [0.15, 0.2) is 0 Å². The standard InChI is InChI=1S/C15H14F3N/c1-9-6-7-10(8-13(9)18)15(19-2)14-11(16)4-3-5-12(14)17/h3-8,15,19H,1-2H3. The van der Waals surface area contributed by atoms with Crippen LogP contribution in [0.3, 0.4) is 0 Å². The zero-order valence-corrected chi connectivity index (χ0v) is 10.7. The maximum Gasteiger partial charge on any atom is 0.131 e. The molecule has 0 aromatic heterocycles. The zero-order chi connectivity index (χ0) is 14.0. The van der Waals surface area contributed by atoms with E-state index in [1.54, 1.807) is 26.1 Å². The maximum atomic E-state index is 13.8. The van der Waals surface area contributed by atoms with Crippen molar-refractivity contribution in [3.05, 3.63) is 70.5 Å². The third kappa shape index (κ3) is 2.63. The van der Waals surface area contributed by atoms with Crippen LogP contribution in [0, 0.1) is 24.4 Å². The molecule has 100 valence electrons. The summed E-state index contributed by atoms with van der Waals surface area (Å²) in [5.41, 5.74) is 0.871. The van der Waals surface area contributed by atoms with Crippen LogP contribution in [0.25, 0.3) is 0 Å². The molecule has 1 atom stereocenters. The lowest BCUT2D eigenvalue weighted by Gasteiger charge is -2.19. The zero-order valence-electron chi connectivity index (χ0n) is 10.7. The molecule has 1 nitrogen and oxygen atoms in total. The Labute approximate surface area is 110 Å². The first-order valence-electron chi connectivity index (χ1n) is 5.92. The van der Waals surface area contributed by atoms with Crippen LogP contribution in [0.1, 0.15) is 22.7 Å². The molecule has 0 radical (unpaired) electrons. The van der Waals surface area contributed by atoms with E-state index in [1.165, 1.54) is 24.3 Å². The SMILES string of the molecule is CNC(c1ccc(C)c(F)c1)c1c(F)cccc1F. The summed E-state index contributed by atoms with van der Waals surface area (Å²) in [5.74, 6) is -1.70. The van der Waals surface area contributed by atoms with Crippen molar-refractivity contribution >= 4 is 0 Å². The van der Waals surface area contributed by atoms with E-state index >= 15 is 0 Å². The Kier molecular flexibility index (Phi) is 3.90. The van der Waals surface area contributed by atoms with Gasteiger partial charge in [-0.1, -0.05) is 18.2 Å². The van der Waals surface area contributed by atoms with Crippen LogP contribution in [-0.2, 0) is 0 Å². The highest BCUT2D eigenvalue weighted by Gasteiger charge is 2.20. The van der Waals surface area contributed by atoms with Crippen LogP contribution in [-0.4, -0.2) is 7.05 Å². The van der Waals surface area contributed by atoms with E-state index in [1.807, 2.05) is 0 Å². The molecule has 0 heterocycles. The summed E-state index contributed by atoms with van der Waals surface area (Å²) >= 11 is 0. The average molecular weight is 265 g/mol. The van der Waals surface area contributed by atoms with Crippen molar-refractivity contribution in [1.29, 1.82) is 0 Å². The fraction of sp³-hybridized carbons (Fsp3) is 0.200. The van der Waals surface area contributed by atoms with Crippen molar-refractivity contribution in [2.75, 3.05) is 7.05 Å². The minimum atomic E-state index is -0.726. The summed E-state index contributed by atoms with van der Waals surface area (Å²) in [5, 5.41) is 2.82. The highest BCUT2D eigenvalue weighted by molar-refractivity contribution is 5.35. The molecule has 0 saturated carbocycles. The Morgan fingerprint density at radius 2 is 1.58 bits per heavy atom. The normalized spacial score (nSPS) is 12.5. The number of nitrogens with one attached hydrogen (secondary N) is 1. The monoisotopic (exact) mass is 265 g/mol. The molecule has 19 heavy (non-hydrogen) atoms. The summed E-state index contributed by atoms with van der Waals surface area (Å²) < 4.78 is 41.1. The van der Waals surface area contributed by atoms with E-state index in [-0.39, 0.29) is 5.56 Å². The fourth-order valence-corrected chi connectivity index (χ4v) is 2.05. The molecule has 2 rings (SSSR count). The highest BCUT2D eigenvalue weighted by Crippen LogP contribution is 2.27. The largest absolute Gasteiger partial charge is 0.309 e. The van der Waals surface area contributed by atoms with Crippen LogP contribution < -0.4 is 5.32 Å². The summed E-state index contributed by atoms with van der Waals surface area (Å²) in [6, 6.07) is 7.50. The second-order valence-electron chi connectivity index (χ2n) is 4.37. The number of hydrogen-bond donors (Lipinski definition) is 1. The molecule has 4 heteroatoms. The molecule has 1 unspecified atom stereocenters. The van der Waals surface area contributed by atoms with Crippen molar-refractivity contribution in [3.8, 4) is 0 Å². The van der Waals surface area contributed by atoms with Crippen molar-refractivity contribution < 1.29 is 13.2 Å². The molecular weight excluding hydrogens is 251 g/mol. The molecule has 0 aliphatic rings. The average Bonchev–Trinajstić information content (AvgIpc) is 2.37. The van der Waals surface area contributed by atoms with Gasteiger partial charge in [0.2, 0.25) is 0 Å². The molecule has 1 N–H and O–H groups in total. The van der Waals surface area contributed by atoms with Gasteiger partial charge in [0.25, 0.3) is 0 Å². The van der Waals surface area contributed by atoms with E-state index in [2.05, 4.69) is 5.32 Å². The molecule has 0 amide bonds. The molecule has 0 fully saturated rings. The molecule has 2 aromatic carbocycles. The second kappa shape index (κ2) is 5.45. The number of hydrogen-bond acceptors (Lipinski definition) is 1. The molecule has 0 bridgehead atoms. The highest BCUT2D eigenvalue weighted by atomic mass is 19.1. The van der Waals surface area contributed by atoms with Crippen molar-refractivity contribution in [2.45, 2.75) is 13.0 Å². The molecular formula is C15H14F3N. The topological polar surface area (TPSA) is 12.0 Å². The van der Waals surface area contributed by atoms with Crippen LogP contribution in [0.2, 0.25) is 0 Å². The first-order valence-corrected chi connectivity index (χ1v) is 5.92. The van der Waals surface area contributed by atoms with Gasteiger partial charge in [0.05, 0.1) is 6.04 Å². The summed E-state index contributed by atoms with van der Waals surface area (Å²) in [7, 11) is 1.58. The third-order valence-corrected chi connectivity index (χ3v) is 3.11. The predicted octanol–water partition coefficient (Wildman–Crippen LogP) is 3.72. The Morgan fingerprint density at radius 1 is 0.947 bits per heavy atom. The Bertz CT molecular complexity index is 576. The van der Waals surface area contributed by atoms with Crippen molar-refractivity contribution in [3.63, 3.8) is 0 Å². The lowest BCUT2D eigenvalue weighted by molar-refractivity contribution is 0.520. The fourth-order valence-electron chi connectivity index (χ4n) is 2.05. The van der Waals surface area contributed by atoms with Gasteiger partial charge in [-0.3, -0.25) is 0 Å². The van der Waals surface area contributed by atoms with Gasteiger partial charge in [-0.25, -0.2) is 13.2 Å². The van der Waals surface area contributed by atoms with E-state index < -0.39 is 23.5 Å². The first-order chi connectivity index (χ1) is 9.04. The van der Waals surface area contributed by atoms with Gasteiger partial charge in [-0.05, 0) is 43.3 Å². The van der Waals surface area contributed by atoms with Gasteiger partial charge in [-0.15, -0.1) is 0 Å². The Morgan fingerprint density at radius 3 is 2.11 bits per heavy atom. The van der Waals surface area contributed by atoms with E-state index in [4.69, 9.17) is 0 Å². The van der Waals surface area contributed by atoms with Crippen LogP contribution >= 0.6 is 0 Å². The smallest absolute Gasteiger partial charge is 0.131 e. The third-order valence-electron chi connectivity index (χ3n) is 3.11. The first kappa shape index (κ1) is 13.6. The van der Waals surface area contributed by atoms with Crippen LogP contribution in [0.5, 0.6) is 0 Å². The Balaban J connectivity index is 2.53. The lowest BCUT2D eigenvalue weighted by Crippen LogP contribution is -2.20. The van der Waals surface area contributed by atoms with Crippen molar-refractivity contribution in [1.82, 2.24) is 5.32 Å². The van der Waals surface area contributed by atoms with Crippen molar-refractivity contribution in [2.24, 2.45) is 0 Å². The summed E-state index contributed by atoms with van der Waals surface area (Å²) in [4.78, 5) is 0. The summed E-state index contributed by atoms with van der Waals surface area (Å²) in [6.07, 6.45) is 0. The van der Waals surface area contributed by atoms with Gasteiger partial charge in [0, 0.05) is 5.56 Å². The minimum absolute atomic E-state index is 0.103. The van der Waals surface area contributed by atoms with Crippen LogP contribution in [0.15, 0.2) is 36.4 Å². The lowest BCUT2D eigenvalue weighted by atomic mass is 9.97. The molecule has 0 aliphatic carbocycles. The van der Waals surface area contributed by atoms with E-state index in [9.17, 15) is 13.2 Å². The number of halogens is 3.